The average molecular weight is 181 g/mol. The summed E-state index contributed by atoms with van der Waals surface area (Å²) in [7, 11) is 0. The molecule has 13 heavy (non-hydrogen) atoms. The van der Waals surface area contributed by atoms with Crippen molar-refractivity contribution >= 4 is 0 Å². The first-order valence-corrected chi connectivity index (χ1v) is 5.65. The average Bonchev–Trinajstić information content (AvgIpc) is 2.34. The van der Waals surface area contributed by atoms with E-state index in [0.29, 0.717) is 16.9 Å². The standard InChI is InChI=1S/C12H23N/c1-8(13)10-7-9-5-6-12(10,4)11(9,2)3/h8-10H,5-7,13H2,1-4H3/t8-,9+,10-,12-/m1/s1. The summed E-state index contributed by atoms with van der Waals surface area (Å²) in [6.07, 6.45) is 4.21. The molecule has 4 atom stereocenters. The van der Waals surface area contributed by atoms with Gasteiger partial charge in [-0.3, -0.25) is 0 Å². The smallest absolute Gasteiger partial charge is 0.00442 e. The van der Waals surface area contributed by atoms with Crippen molar-refractivity contribution in [3.63, 3.8) is 0 Å². The van der Waals surface area contributed by atoms with Crippen molar-refractivity contribution in [2.24, 2.45) is 28.4 Å². The lowest BCUT2D eigenvalue weighted by Gasteiger charge is -2.41. The molecule has 1 heteroatoms. The molecule has 76 valence electrons. The summed E-state index contributed by atoms with van der Waals surface area (Å²) in [5.41, 5.74) is 7.14. The van der Waals surface area contributed by atoms with Gasteiger partial charge < -0.3 is 5.73 Å². The highest BCUT2D eigenvalue weighted by atomic mass is 14.7. The summed E-state index contributed by atoms with van der Waals surface area (Å²) < 4.78 is 0. The molecule has 1 nitrogen and oxygen atoms in total. The lowest BCUT2D eigenvalue weighted by atomic mass is 9.65. The van der Waals surface area contributed by atoms with Crippen LogP contribution >= 0.6 is 0 Å². The van der Waals surface area contributed by atoms with Crippen LogP contribution in [0.25, 0.3) is 0 Å². The fourth-order valence-corrected chi connectivity index (χ4v) is 4.06. The van der Waals surface area contributed by atoms with E-state index in [0.717, 1.165) is 11.8 Å². The van der Waals surface area contributed by atoms with Crippen LogP contribution in [0.2, 0.25) is 0 Å². The number of rotatable bonds is 1. The Bertz CT molecular complexity index is 219. The fraction of sp³-hybridized carbons (Fsp3) is 1.00. The van der Waals surface area contributed by atoms with Crippen LogP contribution < -0.4 is 5.73 Å². The van der Waals surface area contributed by atoms with Gasteiger partial charge in [0.25, 0.3) is 0 Å². The van der Waals surface area contributed by atoms with Gasteiger partial charge in [-0.1, -0.05) is 20.8 Å². The molecule has 2 saturated carbocycles. The Hall–Kier alpha value is -0.0400. The third-order valence-electron chi connectivity index (χ3n) is 5.50. The molecular weight excluding hydrogens is 158 g/mol. The summed E-state index contributed by atoms with van der Waals surface area (Å²) >= 11 is 0. The van der Waals surface area contributed by atoms with Crippen LogP contribution in [0.4, 0.5) is 0 Å². The Balaban J connectivity index is 2.33. The molecule has 0 aromatic carbocycles. The zero-order valence-electron chi connectivity index (χ0n) is 9.43. The van der Waals surface area contributed by atoms with Crippen LogP contribution in [0, 0.1) is 22.7 Å². The molecule has 0 aromatic heterocycles. The molecule has 0 amide bonds. The van der Waals surface area contributed by atoms with Crippen molar-refractivity contribution in [3.8, 4) is 0 Å². The van der Waals surface area contributed by atoms with Crippen LogP contribution in [-0.4, -0.2) is 6.04 Å². The molecule has 2 rings (SSSR count). The van der Waals surface area contributed by atoms with Gasteiger partial charge in [0.2, 0.25) is 0 Å². The van der Waals surface area contributed by atoms with Gasteiger partial charge in [-0.15, -0.1) is 0 Å². The Morgan fingerprint density at radius 2 is 1.92 bits per heavy atom. The summed E-state index contributed by atoms with van der Waals surface area (Å²) in [6.45, 7) is 9.56. The van der Waals surface area contributed by atoms with E-state index in [2.05, 4.69) is 27.7 Å². The monoisotopic (exact) mass is 181 g/mol. The first-order chi connectivity index (χ1) is 5.89. The van der Waals surface area contributed by atoms with Crippen LogP contribution in [0.1, 0.15) is 47.0 Å². The maximum Gasteiger partial charge on any atom is 0.00442 e. The van der Waals surface area contributed by atoms with Gasteiger partial charge in [-0.05, 0) is 48.9 Å². The summed E-state index contributed by atoms with van der Waals surface area (Å²) in [5.74, 6) is 1.70. The van der Waals surface area contributed by atoms with E-state index in [4.69, 9.17) is 5.73 Å². The number of hydrogen-bond acceptors (Lipinski definition) is 1. The predicted octanol–water partition coefficient (Wildman–Crippen LogP) is 2.80. The Labute approximate surface area is 82.1 Å². The summed E-state index contributed by atoms with van der Waals surface area (Å²) in [4.78, 5) is 0. The zero-order valence-corrected chi connectivity index (χ0v) is 9.43. The predicted molar refractivity (Wildman–Crippen MR) is 56.4 cm³/mol. The van der Waals surface area contributed by atoms with E-state index in [-0.39, 0.29) is 0 Å². The minimum Gasteiger partial charge on any atom is -0.328 e. The molecule has 0 spiro atoms. The molecule has 2 aliphatic carbocycles. The van der Waals surface area contributed by atoms with Crippen LogP contribution in [0.3, 0.4) is 0 Å². The number of fused-ring (bicyclic) bond motifs is 2. The molecule has 0 aliphatic heterocycles. The van der Waals surface area contributed by atoms with Gasteiger partial charge in [0.1, 0.15) is 0 Å². The largest absolute Gasteiger partial charge is 0.328 e. The van der Waals surface area contributed by atoms with Gasteiger partial charge in [0.05, 0.1) is 0 Å². The van der Waals surface area contributed by atoms with E-state index >= 15 is 0 Å². The quantitative estimate of drug-likeness (QED) is 0.661. The third-order valence-corrected chi connectivity index (χ3v) is 5.50. The summed E-state index contributed by atoms with van der Waals surface area (Å²) in [6, 6.07) is 0.384. The van der Waals surface area contributed by atoms with Crippen molar-refractivity contribution in [3.05, 3.63) is 0 Å². The second-order valence-electron chi connectivity index (χ2n) is 6.08. The second-order valence-corrected chi connectivity index (χ2v) is 6.08. The first-order valence-electron chi connectivity index (χ1n) is 5.65. The number of hydrogen-bond donors (Lipinski definition) is 1. The molecule has 2 N–H and O–H groups in total. The molecule has 0 aromatic rings. The Kier molecular flexibility index (Phi) is 1.83. The van der Waals surface area contributed by atoms with Gasteiger partial charge in [0.15, 0.2) is 0 Å². The van der Waals surface area contributed by atoms with Crippen molar-refractivity contribution in [1.29, 1.82) is 0 Å². The fourth-order valence-electron chi connectivity index (χ4n) is 4.06. The zero-order chi connectivity index (χ0) is 9.85. The molecular formula is C12H23N. The second kappa shape index (κ2) is 2.50. The van der Waals surface area contributed by atoms with Crippen molar-refractivity contribution in [2.75, 3.05) is 0 Å². The Morgan fingerprint density at radius 3 is 2.15 bits per heavy atom. The first kappa shape index (κ1) is 9.51. The van der Waals surface area contributed by atoms with Crippen LogP contribution in [0.5, 0.6) is 0 Å². The van der Waals surface area contributed by atoms with Gasteiger partial charge in [-0.25, -0.2) is 0 Å². The van der Waals surface area contributed by atoms with Crippen LogP contribution in [0.15, 0.2) is 0 Å². The van der Waals surface area contributed by atoms with Gasteiger partial charge in [0, 0.05) is 6.04 Å². The highest BCUT2D eigenvalue weighted by Gasteiger charge is 2.61. The summed E-state index contributed by atoms with van der Waals surface area (Å²) in [5, 5.41) is 0. The lowest BCUT2D eigenvalue weighted by Crippen LogP contribution is -2.40. The van der Waals surface area contributed by atoms with E-state index < -0.39 is 0 Å². The number of nitrogens with two attached hydrogens (primary N) is 1. The Morgan fingerprint density at radius 1 is 1.31 bits per heavy atom. The minimum absolute atomic E-state index is 0.384. The molecule has 0 unspecified atom stereocenters. The molecule has 0 heterocycles. The maximum atomic E-state index is 6.09. The van der Waals surface area contributed by atoms with E-state index in [1.165, 1.54) is 19.3 Å². The molecule has 0 radical (unpaired) electrons. The lowest BCUT2D eigenvalue weighted by molar-refractivity contribution is 0.0911. The topological polar surface area (TPSA) is 26.0 Å². The normalized spacial score (nSPS) is 49.6. The van der Waals surface area contributed by atoms with E-state index in [1.54, 1.807) is 0 Å². The SMILES string of the molecule is C[C@@H](N)[C@H]1C[C@@H]2CC[C@@]1(C)C2(C)C. The highest BCUT2D eigenvalue weighted by molar-refractivity contribution is 5.11. The van der Waals surface area contributed by atoms with Crippen molar-refractivity contribution in [1.82, 2.24) is 0 Å². The maximum absolute atomic E-state index is 6.09. The van der Waals surface area contributed by atoms with E-state index in [9.17, 15) is 0 Å². The molecule has 0 saturated heterocycles. The molecule has 2 aliphatic rings. The molecule has 2 bridgehead atoms. The highest BCUT2D eigenvalue weighted by Crippen LogP contribution is 2.68. The molecule has 2 fully saturated rings. The minimum atomic E-state index is 0.384. The third kappa shape index (κ3) is 0.971. The van der Waals surface area contributed by atoms with Crippen LogP contribution in [-0.2, 0) is 0 Å². The van der Waals surface area contributed by atoms with Gasteiger partial charge in [-0.2, -0.15) is 0 Å². The van der Waals surface area contributed by atoms with E-state index in [1.807, 2.05) is 0 Å². The van der Waals surface area contributed by atoms with Crippen molar-refractivity contribution < 1.29 is 0 Å². The van der Waals surface area contributed by atoms with Gasteiger partial charge >= 0.3 is 0 Å². The van der Waals surface area contributed by atoms with Crippen molar-refractivity contribution in [2.45, 2.75) is 53.0 Å².